The molecule has 0 saturated carbocycles. The maximum atomic E-state index is 12.2. The Morgan fingerprint density at radius 3 is 2.71 bits per heavy atom. The van der Waals surface area contributed by atoms with E-state index in [1.165, 1.54) is 11.3 Å². The van der Waals surface area contributed by atoms with Crippen LogP contribution in [0.3, 0.4) is 0 Å². The second kappa shape index (κ2) is 7.25. The first-order chi connectivity index (χ1) is 11.5. The molecule has 0 saturated heterocycles. The van der Waals surface area contributed by atoms with Gasteiger partial charge in [-0.05, 0) is 54.7 Å². The predicted molar refractivity (Wildman–Crippen MR) is 104 cm³/mol. The van der Waals surface area contributed by atoms with Crippen LogP contribution in [0.25, 0.3) is 10.2 Å². The van der Waals surface area contributed by atoms with Gasteiger partial charge in [-0.25, -0.2) is 4.98 Å². The maximum absolute atomic E-state index is 12.2. The number of halogens is 1. The Bertz CT molecular complexity index is 909. The number of amides is 1. The number of nitrogens with zero attached hydrogens (tertiary/aromatic N) is 1. The van der Waals surface area contributed by atoms with Crippen molar-refractivity contribution in [3.8, 4) is 5.75 Å². The number of hydrogen-bond acceptors (Lipinski definition) is 5. The summed E-state index contributed by atoms with van der Waals surface area (Å²) in [5.41, 5.74) is 1.36. The lowest BCUT2D eigenvalue weighted by Gasteiger charge is -2.07. The second-order valence-corrected chi connectivity index (χ2v) is 7.12. The number of thiazole rings is 1. The average molecular weight is 422 g/mol. The second-order valence-electron chi connectivity index (χ2n) is 4.77. The number of thiocarbonyl (C=S) groups is 1. The molecule has 0 radical (unpaired) electrons. The molecule has 0 aliphatic rings. The summed E-state index contributed by atoms with van der Waals surface area (Å²) >= 11 is 10.1. The van der Waals surface area contributed by atoms with Crippen molar-refractivity contribution in [1.82, 2.24) is 10.3 Å². The summed E-state index contributed by atoms with van der Waals surface area (Å²) in [6.07, 6.45) is 0. The van der Waals surface area contributed by atoms with Gasteiger partial charge in [-0.1, -0.05) is 27.3 Å². The molecular weight excluding hydrogens is 410 g/mol. The van der Waals surface area contributed by atoms with E-state index < -0.39 is 0 Å². The summed E-state index contributed by atoms with van der Waals surface area (Å²) in [6, 6.07) is 12.6. The first-order valence-electron chi connectivity index (χ1n) is 6.87. The fraction of sp³-hybridized carbons (Fsp3) is 0.0625. The van der Waals surface area contributed by atoms with Crippen molar-refractivity contribution in [1.29, 1.82) is 0 Å². The molecule has 8 heteroatoms. The number of ether oxygens (including phenoxy) is 1. The minimum Gasteiger partial charge on any atom is -0.497 e. The van der Waals surface area contributed by atoms with Gasteiger partial charge in [0.25, 0.3) is 5.91 Å². The van der Waals surface area contributed by atoms with Gasteiger partial charge in [0.05, 0.1) is 17.3 Å². The lowest BCUT2D eigenvalue weighted by molar-refractivity contribution is 0.0977. The highest BCUT2D eigenvalue weighted by molar-refractivity contribution is 9.10. The van der Waals surface area contributed by atoms with E-state index in [2.05, 4.69) is 31.5 Å². The Balaban J connectivity index is 1.66. The van der Waals surface area contributed by atoms with E-state index in [1.807, 2.05) is 18.2 Å². The molecule has 5 nitrogen and oxygen atoms in total. The molecular formula is C16H12BrN3O2S2. The Kier molecular flexibility index (Phi) is 5.08. The Hall–Kier alpha value is -2.03. The number of anilines is 1. The van der Waals surface area contributed by atoms with Gasteiger partial charge in [0.2, 0.25) is 0 Å². The highest BCUT2D eigenvalue weighted by Gasteiger charge is 2.10. The number of aromatic nitrogens is 1. The third-order valence-electron chi connectivity index (χ3n) is 3.15. The van der Waals surface area contributed by atoms with Gasteiger partial charge < -0.3 is 10.1 Å². The van der Waals surface area contributed by atoms with Gasteiger partial charge >= 0.3 is 0 Å². The van der Waals surface area contributed by atoms with Crippen LogP contribution in [0.1, 0.15) is 10.4 Å². The quantitative estimate of drug-likeness (QED) is 0.620. The van der Waals surface area contributed by atoms with Crippen LogP contribution in [0.15, 0.2) is 46.9 Å². The van der Waals surface area contributed by atoms with E-state index in [0.717, 1.165) is 14.7 Å². The monoisotopic (exact) mass is 421 g/mol. The normalized spacial score (nSPS) is 10.4. The summed E-state index contributed by atoms with van der Waals surface area (Å²) in [6.45, 7) is 0. The molecule has 0 aliphatic carbocycles. The van der Waals surface area contributed by atoms with Crippen molar-refractivity contribution >= 4 is 65.9 Å². The van der Waals surface area contributed by atoms with E-state index in [-0.39, 0.29) is 11.0 Å². The molecule has 3 aromatic rings. The topological polar surface area (TPSA) is 63.2 Å². The SMILES string of the molecule is COc1ccc(C(=O)NC(=S)Nc2nc3ccc(Br)cc3s2)cc1. The van der Waals surface area contributed by atoms with E-state index in [4.69, 9.17) is 17.0 Å². The summed E-state index contributed by atoms with van der Waals surface area (Å²) in [5, 5.41) is 6.41. The lowest BCUT2D eigenvalue weighted by atomic mass is 10.2. The number of carbonyl (C=O) groups excluding carboxylic acids is 1. The van der Waals surface area contributed by atoms with Gasteiger partial charge in [-0.15, -0.1) is 0 Å². The van der Waals surface area contributed by atoms with Crippen molar-refractivity contribution in [2.45, 2.75) is 0 Å². The van der Waals surface area contributed by atoms with Crippen LogP contribution in [0, 0.1) is 0 Å². The number of fused-ring (bicyclic) bond motifs is 1. The molecule has 1 aromatic heterocycles. The summed E-state index contributed by atoms with van der Waals surface area (Å²) < 4.78 is 7.08. The molecule has 0 unspecified atom stereocenters. The number of rotatable bonds is 3. The third kappa shape index (κ3) is 3.89. The van der Waals surface area contributed by atoms with Crippen LogP contribution in [0.2, 0.25) is 0 Å². The van der Waals surface area contributed by atoms with E-state index in [9.17, 15) is 4.79 Å². The molecule has 2 N–H and O–H groups in total. The Morgan fingerprint density at radius 2 is 2.00 bits per heavy atom. The minimum atomic E-state index is -0.293. The minimum absolute atomic E-state index is 0.203. The van der Waals surface area contributed by atoms with Crippen molar-refractivity contribution in [2.75, 3.05) is 12.4 Å². The standard InChI is InChI=1S/C16H12BrN3O2S2/c1-22-11-5-2-9(3-6-11)14(21)19-15(23)20-16-18-12-7-4-10(17)8-13(12)24-16/h2-8H,1H3,(H2,18,19,20,21,23). The zero-order valence-electron chi connectivity index (χ0n) is 12.5. The summed E-state index contributed by atoms with van der Waals surface area (Å²) in [5.74, 6) is 0.395. The molecule has 0 atom stereocenters. The van der Waals surface area contributed by atoms with Crippen LogP contribution >= 0.6 is 39.5 Å². The zero-order valence-corrected chi connectivity index (χ0v) is 15.7. The molecule has 3 rings (SSSR count). The predicted octanol–water partition coefficient (Wildman–Crippen LogP) is 4.19. The molecule has 122 valence electrons. The lowest BCUT2D eigenvalue weighted by Crippen LogP contribution is -2.34. The Labute approximate surface area is 156 Å². The van der Waals surface area contributed by atoms with Gasteiger partial charge in [0, 0.05) is 10.0 Å². The van der Waals surface area contributed by atoms with E-state index >= 15 is 0 Å². The average Bonchev–Trinajstić information content (AvgIpc) is 2.95. The van der Waals surface area contributed by atoms with Crippen LogP contribution < -0.4 is 15.4 Å². The van der Waals surface area contributed by atoms with Gasteiger partial charge in [-0.3, -0.25) is 10.1 Å². The molecule has 0 fully saturated rings. The smallest absolute Gasteiger partial charge is 0.257 e. The third-order valence-corrected chi connectivity index (χ3v) is 4.78. The molecule has 2 aromatic carbocycles. The van der Waals surface area contributed by atoms with Gasteiger partial charge in [0.1, 0.15) is 5.75 Å². The molecule has 0 aliphatic heterocycles. The molecule has 0 bridgehead atoms. The first-order valence-corrected chi connectivity index (χ1v) is 8.89. The van der Waals surface area contributed by atoms with E-state index in [0.29, 0.717) is 16.4 Å². The van der Waals surface area contributed by atoms with Crippen molar-refractivity contribution in [3.05, 3.63) is 52.5 Å². The first kappa shape index (κ1) is 16.8. The Morgan fingerprint density at radius 1 is 1.25 bits per heavy atom. The van der Waals surface area contributed by atoms with Crippen LogP contribution in [-0.2, 0) is 0 Å². The van der Waals surface area contributed by atoms with Crippen LogP contribution in [0.5, 0.6) is 5.75 Å². The number of methoxy groups -OCH3 is 1. The van der Waals surface area contributed by atoms with Crippen LogP contribution in [0.4, 0.5) is 5.13 Å². The maximum Gasteiger partial charge on any atom is 0.257 e. The molecule has 24 heavy (non-hydrogen) atoms. The van der Waals surface area contributed by atoms with Crippen molar-refractivity contribution in [2.24, 2.45) is 0 Å². The number of hydrogen-bond donors (Lipinski definition) is 2. The van der Waals surface area contributed by atoms with Gasteiger partial charge in [0.15, 0.2) is 10.2 Å². The van der Waals surface area contributed by atoms with Gasteiger partial charge in [-0.2, -0.15) is 0 Å². The molecule has 0 spiro atoms. The number of nitrogens with one attached hydrogen (secondary N) is 2. The highest BCUT2D eigenvalue weighted by Crippen LogP contribution is 2.28. The number of carbonyl (C=O) groups is 1. The fourth-order valence-corrected chi connectivity index (χ4v) is 3.67. The van der Waals surface area contributed by atoms with Crippen molar-refractivity contribution in [3.63, 3.8) is 0 Å². The number of benzene rings is 2. The van der Waals surface area contributed by atoms with E-state index in [1.54, 1.807) is 31.4 Å². The van der Waals surface area contributed by atoms with Crippen LogP contribution in [-0.4, -0.2) is 23.1 Å². The molecule has 1 heterocycles. The highest BCUT2D eigenvalue weighted by atomic mass is 79.9. The molecule has 1 amide bonds. The fourth-order valence-electron chi connectivity index (χ4n) is 2.00. The zero-order chi connectivity index (χ0) is 17.1. The summed E-state index contributed by atoms with van der Waals surface area (Å²) in [4.78, 5) is 16.6. The van der Waals surface area contributed by atoms with Crippen molar-refractivity contribution < 1.29 is 9.53 Å². The summed E-state index contributed by atoms with van der Waals surface area (Å²) in [7, 11) is 1.57. The largest absolute Gasteiger partial charge is 0.497 e.